The lowest BCUT2D eigenvalue weighted by molar-refractivity contribution is 0.0927. The number of phenolic OH excluding ortho intramolecular Hbond substituents is 1. The molecule has 126 valence electrons. The van der Waals surface area contributed by atoms with Crippen molar-refractivity contribution in [2.24, 2.45) is 0 Å². The van der Waals surface area contributed by atoms with Gasteiger partial charge in [0.15, 0.2) is 0 Å². The Bertz CT molecular complexity index is 712. The van der Waals surface area contributed by atoms with Crippen LogP contribution in [0.4, 0.5) is 5.69 Å². The molecule has 2 aromatic rings. The van der Waals surface area contributed by atoms with Crippen LogP contribution in [0.1, 0.15) is 20.7 Å². The largest absolute Gasteiger partial charge is 0.508 e. The molecule has 2 aromatic carbocycles. The summed E-state index contributed by atoms with van der Waals surface area (Å²) in [6.45, 7) is 0.646. The first kappa shape index (κ1) is 17.3. The molecule has 3 N–H and O–H groups in total. The van der Waals surface area contributed by atoms with Crippen molar-refractivity contribution in [3.05, 3.63) is 59.7 Å². The summed E-state index contributed by atoms with van der Waals surface area (Å²) in [5, 5.41) is 14.7. The van der Waals surface area contributed by atoms with Crippen molar-refractivity contribution in [2.75, 3.05) is 32.1 Å². The minimum Gasteiger partial charge on any atom is -0.508 e. The quantitative estimate of drug-likeness (QED) is 0.704. The predicted molar refractivity (Wildman–Crippen MR) is 93.5 cm³/mol. The van der Waals surface area contributed by atoms with Gasteiger partial charge in [-0.3, -0.25) is 9.59 Å². The highest BCUT2D eigenvalue weighted by Gasteiger charge is 2.08. The second kappa shape index (κ2) is 8.01. The second-order valence-electron chi connectivity index (χ2n) is 5.50. The first-order chi connectivity index (χ1) is 11.5. The Morgan fingerprint density at radius 3 is 2.08 bits per heavy atom. The van der Waals surface area contributed by atoms with Crippen molar-refractivity contribution >= 4 is 17.5 Å². The van der Waals surface area contributed by atoms with E-state index >= 15 is 0 Å². The lowest BCUT2D eigenvalue weighted by Gasteiger charge is -2.13. The van der Waals surface area contributed by atoms with Crippen molar-refractivity contribution in [1.82, 2.24) is 10.6 Å². The van der Waals surface area contributed by atoms with E-state index in [0.29, 0.717) is 24.2 Å². The van der Waals surface area contributed by atoms with E-state index < -0.39 is 0 Å². The first-order valence-corrected chi connectivity index (χ1v) is 7.60. The Kier molecular flexibility index (Phi) is 5.78. The van der Waals surface area contributed by atoms with Crippen LogP contribution in [0.15, 0.2) is 48.5 Å². The number of carbonyl (C=O) groups is 2. The lowest BCUT2D eigenvalue weighted by Crippen LogP contribution is -2.34. The third-order valence-corrected chi connectivity index (χ3v) is 3.45. The molecule has 0 radical (unpaired) electrons. The number of hydrogen-bond acceptors (Lipinski definition) is 4. The highest BCUT2D eigenvalue weighted by molar-refractivity contribution is 5.95. The lowest BCUT2D eigenvalue weighted by atomic mass is 10.2. The Morgan fingerprint density at radius 2 is 1.50 bits per heavy atom. The highest BCUT2D eigenvalue weighted by atomic mass is 16.3. The maximum Gasteiger partial charge on any atom is 0.251 e. The van der Waals surface area contributed by atoms with E-state index in [1.165, 1.54) is 24.3 Å². The van der Waals surface area contributed by atoms with E-state index in [1.807, 2.05) is 37.2 Å². The standard InChI is InChI=1S/C18H21N3O3/c1-21(2)15-5-3-4-14(12-15)18(24)20-11-10-19-17(23)13-6-8-16(22)9-7-13/h3-9,12,22H,10-11H2,1-2H3,(H,19,23)(H,20,24). The summed E-state index contributed by atoms with van der Waals surface area (Å²) in [5.41, 5.74) is 1.98. The summed E-state index contributed by atoms with van der Waals surface area (Å²) < 4.78 is 0. The number of aromatic hydroxyl groups is 1. The fraction of sp³-hybridized carbons (Fsp3) is 0.222. The average molecular weight is 327 g/mol. The topological polar surface area (TPSA) is 81.7 Å². The molecule has 0 unspecified atom stereocenters. The number of anilines is 1. The van der Waals surface area contributed by atoms with Crippen molar-refractivity contribution in [3.63, 3.8) is 0 Å². The molecule has 0 spiro atoms. The summed E-state index contributed by atoms with van der Waals surface area (Å²) in [4.78, 5) is 25.9. The molecule has 0 saturated heterocycles. The second-order valence-corrected chi connectivity index (χ2v) is 5.50. The number of carbonyl (C=O) groups excluding carboxylic acids is 2. The van der Waals surface area contributed by atoms with Crippen LogP contribution in [0.3, 0.4) is 0 Å². The molecule has 0 saturated carbocycles. The molecule has 2 amide bonds. The summed E-state index contributed by atoms with van der Waals surface area (Å²) >= 11 is 0. The zero-order valence-corrected chi connectivity index (χ0v) is 13.7. The van der Waals surface area contributed by atoms with Gasteiger partial charge >= 0.3 is 0 Å². The van der Waals surface area contributed by atoms with Crippen LogP contribution >= 0.6 is 0 Å². The van der Waals surface area contributed by atoms with Gasteiger partial charge in [-0.25, -0.2) is 0 Å². The molecule has 0 aliphatic rings. The summed E-state index contributed by atoms with van der Waals surface area (Å²) in [6, 6.07) is 13.3. The maximum absolute atomic E-state index is 12.1. The zero-order chi connectivity index (χ0) is 17.5. The van der Waals surface area contributed by atoms with Crippen molar-refractivity contribution < 1.29 is 14.7 Å². The highest BCUT2D eigenvalue weighted by Crippen LogP contribution is 2.13. The molecule has 0 fully saturated rings. The fourth-order valence-electron chi connectivity index (χ4n) is 2.09. The molecule has 0 heterocycles. The van der Waals surface area contributed by atoms with Crippen LogP contribution in [-0.2, 0) is 0 Å². The summed E-state index contributed by atoms with van der Waals surface area (Å²) in [5.74, 6) is -0.324. The molecule has 0 atom stereocenters. The minimum atomic E-state index is -0.251. The normalized spacial score (nSPS) is 10.1. The molecule has 6 heteroatoms. The third kappa shape index (κ3) is 4.74. The summed E-state index contributed by atoms with van der Waals surface area (Å²) in [7, 11) is 3.83. The van der Waals surface area contributed by atoms with E-state index in [1.54, 1.807) is 6.07 Å². The number of benzene rings is 2. The van der Waals surface area contributed by atoms with E-state index in [4.69, 9.17) is 0 Å². The fourth-order valence-corrected chi connectivity index (χ4v) is 2.09. The van der Waals surface area contributed by atoms with Gasteiger partial charge < -0.3 is 20.6 Å². The zero-order valence-electron chi connectivity index (χ0n) is 13.7. The molecule has 0 aliphatic carbocycles. The molecule has 2 rings (SSSR count). The Hall–Kier alpha value is -3.02. The van der Waals surface area contributed by atoms with Gasteiger partial charge in [0.05, 0.1) is 0 Å². The number of hydrogen-bond donors (Lipinski definition) is 3. The maximum atomic E-state index is 12.1. The molecule has 0 bridgehead atoms. The van der Waals surface area contributed by atoms with Gasteiger partial charge in [0.2, 0.25) is 0 Å². The summed E-state index contributed by atoms with van der Waals surface area (Å²) in [6.07, 6.45) is 0. The van der Waals surface area contributed by atoms with Gasteiger partial charge in [0, 0.05) is 44.0 Å². The predicted octanol–water partition coefficient (Wildman–Crippen LogP) is 1.62. The first-order valence-electron chi connectivity index (χ1n) is 7.60. The van der Waals surface area contributed by atoms with Crippen LogP contribution in [0.5, 0.6) is 5.75 Å². The van der Waals surface area contributed by atoms with Gasteiger partial charge in [-0.15, -0.1) is 0 Å². The molecule has 24 heavy (non-hydrogen) atoms. The number of nitrogens with zero attached hydrogens (tertiary/aromatic N) is 1. The van der Waals surface area contributed by atoms with Gasteiger partial charge in [-0.05, 0) is 42.5 Å². The van der Waals surface area contributed by atoms with Crippen molar-refractivity contribution in [2.45, 2.75) is 0 Å². The molecule has 6 nitrogen and oxygen atoms in total. The Balaban J connectivity index is 1.79. The monoisotopic (exact) mass is 327 g/mol. The molecular weight excluding hydrogens is 306 g/mol. The Morgan fingerprint density at radius 1 is 0.917 bits per heavy atom. The van der Waals surface area contributed by atoms with Crippen LogP contribution in [0.2, 0.25) is 0 Å². The number of nitrogens with one attached hydrogen (secondary N) is 2. The van der Waals surface area contributed by atoms with Gasteiger partial charge in [-0.1, -0.05) is 6.07 Å². The van der Waals surface area contributed by atoms with Gasteiger partial charge in [0.1, 0.15) is 5.75 Å². The van der Waals surface area contributed by atoms with Crippen molar-refractivity contribution in [1.29, 1.82) is 0 Å². The van der Waals surface area contributed by atoms with Crippen LogP contribution in [0.25, 0.3) is 0 Å². The SMILES string of the molecule is CN(C)c1cccc(C(=O)NCCNC(=O)c2ccc(O)cc2)c1. The number of amides is 2. The number of rotatable bonds is 6. The average Bonchev–Trinajstić information content (AvgIpc) is 2.59. The van der Waals surface area contributed by atoms with Crippen LogP contribution in [-0.4, -0.2) is 44.1 Å². The van der Waals surface area contributed by atoms with E-state index in [9.17, 15) is 14.7 Å². The van der Waals surface area contributed by atoms with E-state index in [-0.39, 0.29) is 17.6 Å². The van der Waals surface area contributed by atoms with Gasteiger partial charge in [0.25, 0.3) is 11.8 Å². The Labute approximate surface area is 141 Å². The van der Waals surface area contributed by atoms with E-state index in [2.05, 4.69) is 10.6 Å². The van der Waals surface area contributed by atoms with Crippen LogP contribution < -0.4 is 15.5 Å². The number of phenols is 1. The molecular formula is C18H21N3O3. The van der Waals surface area contributed by atoms with Gasteiger partial charge in [-0.2, -0.15) is 0 Å². The van der Waals surface area contributed by atoms with E-state index in [0.717, 1.165) is 5.69 Å². The van der Waals surface area contributed by atoms with Crippen molar-refractivity contribution in [3.8, 4) is 5.75 Å². The van der Waals surface area contributed by atoms with Crippen LogP contribution in [0, 0.1) is 0 Å². The third-order valence-electron chi connectivity index (χ3n) is 3.45. The molecule has 0 aliphatic heterocycles. The smallest absolute Gasteiger partial charge is 0.251 e. The minimum absolute atomic E-state index is 0.110. The molecule has 0 aromatic heterocycles.